The molecule has 3 N–H and O–H groups in total. The Hall–Kier alpha value is -1.99. The van der Waals surface area contributed by atoms with Gasteiger partial charge in [0.25, 0.3) is 0 Å². The summed E-state index contributed by atoms with van der Waals surface area (Å²) < 4.78 is 24.1. The van der Waals surface area contributed by atoms with Crippen molar-refractivity contribution >= 4 is 0 Å². The first kappa shape index (κ1) is 18.8. The van der Waals surface area contributed by atoms with Crippen LogP contribution in [0.5, 0.6) is 5.75 Å². The second kappa shape index (κ2) is 8.60. The second-order valence-electron chi connectivity index (χ2n) is 6.69. The standard InChI is InChI=1S/C20H25FN2O3/c1-15(12-24)13-25-19-8-4-17(5-9-19)11-23-20(14-26-20)22-10-16-2-6-18(21)7-3-16/h2-9,15,22-24H,10-14H2,1H3. The van der Waals surface area contributed by atoms with E-state index in [4.69, 9.17) is 14.6 Å². The highest BCUT2D eigenvalue weighted by atomic mass is 19.1. The van der Waals surface area contributed by atoms with E-state index in [1.165, 1.54) is 12.1 Å². The van der Waals surface area contributed by atoms with Crippen LogP contribution in [-0.2, 0) is 17.8 Å². The summed E-state index contributed by atoms with van der Waals surface area (Å²) in [6.07, 6.45) is 0. The zero-order valence-electron chi connectivity index (χ0n) is 14.9. The van der Waals surface area contributed by atoms with Crippen LogP contribution in [0.1, 0.15) is 18.1 Å². The molecule has 2 atom stereocenters. The average molecular weight is 360 g/mol. The van der Waals surface area contributed by atoms with Crippen LogP contribution in [0.2, 0.25) is 0 Å². The molecule has 6 heteroatoms. The highest BCUT2D eigenvalue weighted by Crippen LogP contribution is 2.22. The Bertz CT molecular complexity index is 687. The van der Waals surface area contributed by atoms with Gasteiger partial charge in [-0.15, -0.1) is 0 Å². The smallest absolute Gasteiger partial charge is 0.199 e. The van der Waals surface area contributed by atoms with Crippen LogP contribution >= 0.6 is 0 Å². The fourth-order valence-corrected chi connectivity index (χ4v) is 2.43. The van der Waals surface area contributed by atoms with Gasteiger partial charge in [0.2, 0.25) is 0 Å². The number of benzene rings is 2. The third-order valence-electron chi connectivity index (χ3n) is 4.27. The van der Waals surface area contributed by atoms with Crippen LogP contribution in [-0.4, -0.2) is 30.8 Å². The van der Waals surface area contributed by atoms with Crippen molar-refractivity contribution in [3.05, 3.63) is 65.5 Å². The SMILES string of the molecule is CC(CO)COc1ccc(CNC2(NCc3ccc(F)cc3)CO2)cc1. The highest BCUT2D eigenvalue weighted by molar-refractivity contribution is 5.27. The second-order valence-corrected chi connectivity index (χ2v) is 6.69. The van der Waals surface area contributed by atoms with Gasteiger partial charge in [0.05, 0.1) is 6.61 Å². The van der Waals surface area contributed by atoms with Gasteiger partial charge in [-0.3, -0.25) is 10.6 Å². The minimum Gasteiger partial charge on any atom is -0.493 e. The minimum absolute atomic E-state index is 0.120. The normalized spacial score (nSPS) is 20.0. The first-order valence-electron chi connectivity index (χ1n) is 8.80. The van der Waals surface area contributed by atoms with E-state index >= 15 is 0 Å². The fourth-order valence-electron chi connectivity index (χ4n) is 2.43. The van der Waals surface area contributed by atoms with Crippen molar-refractivity contribution in [2.75, 3.05) is 19.8 Å². The number of rotatable bonds is 10. The molecule has 0 radical (unpaired) electrons. The molecule has 140 valence electrons. The van der Waals surface area contributed by atoms with E-state index in [0.717, 1.165) is 16.9 Å². The Morgan fingerprint density at radius 3 is 2.12 bits per heavy atom. The number of halogens is 1. The van der Waals surface area contributed by atoms with Gasteiger partial charge >= 0.3 is 0 Å². The summed E-state index contributed by atoms with van der Waals surface area (Å²) in [6, 6.07) is 14.3. The maximum absolute atomic E-state index is 12.9. The van der Waals surface area contributed by atoms with E-state index in [2.05, 4.69) is 10.6 Å². The molecular formula is C20H25FN2O3. The quantitative estimate of drug-likeness (QED) is 0.449. The van der Waals surface area contributed by atoms with Crippen molar-refractivity contribution in [2.24, 2.45) is 5.92 Å². The number of ether oxygens (including phenoxy) is 2. The number of aliphatic hydroxyl groups is 1. The molecule has 5 nitrogen and oxygen atoms in total. The molecule has 1 aliphatic heterocycles. The van der Waals surface area contributed by atoms with Gasteiger partial charge < -0.3 is 14.6 Å². The molecule has 3 rings (SSSR count). The fraction of sp³-hybridized carbons (Fsp3) is 0.400. The third kappa shape index (κ3) is 5.51. The predicted molar refractivity (Wildman–Crippen MR) is 96.9 cm³/mol. The highest BCUT2D eigenvalue weighted by Gasteiger charge is 2.43. The van der Waals surface area contributed by atoms with E-state index in [-0.39, 0.29) is 18.3 Å². The molecule has 26 heavy (non-hydrogen) atoms. The lowest BCUT2D eigenvalue weighted by Gasteiger charge is -2.16. The van der Waals surface area contributed by atoms with Crippen molar-refractivity contribution < 1.29 is 19.0 Å². The molecule has 0 aliphatic carbocycles. The number of hydrogen-bond donors (Lipinski definition) is 3. The number of hydrogen-bond acceptors (Lipinski definition) is 5. The molecule has 2 aromatic rings. The van der Waals surface area contributed by atoms with Crippen LogP contribution in [0.25, 0.3) is 0 Å². The molecule has 2 unspecified atom stereocenters. The Labute approximate surface area is 153 Å². The Balaban J connectivity index is 1.43. The topological polar surface area (TPSA) is 66.0 Å². The van der Waals surface area contributed by atoms with Gasteiger partial charge in [-0.05, 0) is 35.4 Å². The Kier molecular flexibility index (Phi) is 6.21. The van der Waals surface area contributed by atoms with Gasteiger partial charge in [0.15, 0.2) is 5.85 Å². The molecule has 2 aromatic carbocycles. The van der Waals surface area contributed by atoms with Gasteiger partial charge in [0, 0.05) is 25.6 Å². The van der Waals surface area contributed by atoms with E-state index < -0.39 is 5.85 Å². The molecule has 0 amide bonds. The van der Waals surface area contributed by atoms with Crippen molar-refractivity contribution in [1.82, 2.24) is 10.6 Å². The summed E-state index contributed by atoms with van der Waals surface area (Å²) in [6.45, 7) is 4.40. The van der Waals surface area contributed by atoms with Gasteiger partial charge in [-0.25, -0.2) is 4.39 Å². The molecule has 1 aliphatic rings. The van der Waals surface area contributed by atoms with Gasteiger partial charge in [0.1, 0.15) is 18.2 Å². The molecular weight excluding hydrogens is 335 g/mol. The lowest BCUT2D eigenvalue weighted by molar-refractivity contribution is 0.174. The number of nitrogens with one attached hydrogen (secondary N) is 2. The van der Waals surface area contributed by atoms with Gasteiger partial charge in [-0.1, -0.05) is 31.2 Å². The average Bonchev–Trinajstić information content (AvgIpc) is 3.45. The van der Waals surface area contributed by atoms with Crippen LogP contribution < -0.4 is 15.4 Å². The van der Waals surface area contributed by atoms with Crippen molar-refractivity contribution in [3.63, 3.8) is 0 Å². The van der Waals surface area contributed by atoms with Crippen LogP contribution in [0.4, 0.5) is 4.39 Å². The van der Waals surface area contributed by atoms with E-state index in [1.54, 1.807) is 12.1 Å². The summed E-state index contributed by atoms with van der Waals surface area (Å²) in [4.78, 5) is 0. The number of epoxide rings is 1. The zero-order chi connectivity index (χ0) is 18.4. The lowest BCUT2D eigenvalue weighted by atomic mass is 10.2. The lowest BCUT2D eigenvalue weighted by Crippen LogP contribution is -2.45. The van der Waals surface area contributed by atoms with Crippen molar-refractivity contribution in [2.45, 2.75) is 25.9 Å². The van der Waals surface area contributed by atoms with Crippen LogP contribution in [0.15, 0.2) is 48.5 Å². The summed E-state index contributed by atoms with van der Waals surface area (Å²) >= 11 is 0. The maximum atomic E-state index is 12.9. The van der Waals surface area contributed by atoms with Crippen molar-refractivity contribution in [1.29, 1.82) is 0 Å². The first-order valence-corrected chi connectivity index (χ1v) is 8.80. The van der Waals surface area contributed by atoms with Crippen LogP contribution in [0.3, 0.4) is 0 Å². The molecule has 0 spiro atoms. The molecule has 0 bridgehead atoms. The molecule has 0 aromatic heterocycles. The predicted octanol–water partition coefficient (Wildman–Crippen LogP) is 2.40. The Morgan fingerprint density at radius 2 is 1.62 bits per heavy atom. The van der Waals surface area contributed by atoms with E-state index in [1.807, 2.05) is 31.2 Å². The molecule has 1 heterocycles. The first-order chi connectivity index (χ1) is 12.6. The van der Waals surface area contributed by atoms with Crippen LogP contribution in [0, 0.1) is 11.7 Å². The monoisotopic (exact) mass is 360 g/mol. The maximum Gasteiger partial charge on any atom is 0.199 e. The van der Waals surface area contributed by atoms with E-state index in [0.29, 0.717) is 26.3 Å². The van der Waals surface area contributed by atoms with Crippen molar-refractivity contribution in [3.8, 4) is 5.75 Å². The summed E-state index contributed by atoms with van der Waals surface area (Å²) in [5.74, 6) is 0.166. The zero-order valence-corrected chi connectivity index (χ0v) is 14.9. The third-order valence-corrected chi connectivity index (χ3v) is 4.27. The molecule has 1 saturated heterocycles. The summed E-state index contributed by atoms with van der Waals surface area (Å²) in [5.41, 5.74) is 2.12. The Morgan fingerprint density at radius 1 is 1.08 bits per heavy atom. The molecule has 1 fully saturated rings. The summed E-state index contributed by atoms with van der Waals surface area (Å²) in [5, 5.41) is 15.7. The minimum atomic E-state index is -0.514. The largest absolute Gasteiger partial charge is 0.493 e. The molecule has 0 saturated carbocycles. The summed E-state index contributed by atoms with van der Waals surface area (Å²) in [7, 11) is 0. The van der Waals surface area contributed by atoms with Gasteiger partial charge in [-0.2, -0.15) is 0 Å². The number of aliphatic hydroxyl groups excluding tert-OH is 1. The van der Waals surface area contributed by atoms with E-state index in [9.17, 15) is 4.39 Å².